The second-order valence-electron chi connectivity index (χ2n) is 6.96. The number of benzene rings is 1. The molecule has 142 valence electrons. The van der Waals surface area contributed by atoms with Crippen LogP contribution in [0.4, 0.5) is 5.82 Å². The molecular weight excluding hydrogens is 346 g/mol. The minimum atomic E-state index is -0.725. The van der Waals surface area contributed by atoms with Crippen molar-refractivity contribution in [1.82, 2.24) is 19.5 Å². The predicted molar refractivity (Wildman–Crippen MR) is 100 cm³/mol. The number of rotatable bonds is 5. The number of fused-ring (bicyclic) bond motifs is 1. The lowest BCUT2D eigenvalue weighted by atomic mass is 10.1. The van der Waals surface area contributed by atoms with Gasteiger partial charge in [-0.1, -0.05) is 29.8 Å². The summed E-state index contributed by atoms with van der Waals surface area (Å²) >= 11 is 0. The van der Waals surface area contributed by atoms with E-state index in [9.17, 15) is 10.2 Å². The summed E-state index contributed by atoms with van der Waals surface area (Å²) < 4.78 is 7.41. The Hall–Kier alpha value is -2.55. The lowest BCUT2D eigenvalue weighted by Crippen LogP contribution is -2.19. The molecule has 3 heterocycles. The van der Waals surface area contributed by atoms with Crippen molar-refractivity contribution in [1.29, 1.82) is 0 Å². The van der Waals surface area contributed by atoms with Crippen LogP contribution >= 0.6 is 0 Å². The van der Waals surface area contributed by atoms with E-state index < -0.39 is 12.3 Å². The van der Waals surface area contributed by atoms with Crippen LogP contribution < -0.4 is 5.32 Å². The minimum absolute atomic E-state index is 0.0425. The van der Waals surface area contributed by atoms with Gasteiger partial charge < -0.3 is 20.3 Å². The molecule has 0 saturated carbocycles. The third-order valence-corrected chi connectivity index (χ3v) is 4.93. The van der Waals surface area contributed by atoms with Crippen LogP contribution in [0, 0.1) is 6.92 Å². The quantitative estimate of drug-likeness (QED) is 0.631. The Labute approximate surface area is 156 Å². The fraction of sp³-hybridized carbons (Fsp3) is 0.421. The highest BCUT2D eigenvalue weighted by Gasteiger charge is 2.36. The molecule has 1 aliphatic heterocycles. The molecule has 2 aromatic heterocycles. The summed E-state index contributed by atoms with van der Waals surface area (Å²) in [6.07, 6.45) is 1.71. The van der Waals surface area contributed by atoms with Gasteiger partial charge in [0.2, 0.25) is 0 Å². The fourth-order valence-electron chi connectivity index (χ4n) is 3.39. The van der Waals surface area contributed by atoms with Crippen LogP contribution in [0.5, 0.6) is 0 Å². The van der Waals surface area contributed by atoms with Crippen molar-refractivity contribution < 1.29 is 14.9 Å². The highest BCUT2D eigenvalue weighted by atomic mass is 16.5. The molecule has 4 atom stereocenters. The molecule has 8 heteroatoms. The number of hydrogen-bond donors (Lipinski definition) is 3. The number of anilines is 1. The normalized spacial score (nSPS) is 23.6. The van der Waals surface area contributed by atoms with Gasteiger partial charge in [-0.25, -0.2) is 15.0 Å². The Morgan fingerprint density at radius 3 is 2.74 bits per heavy atom. The highest BCUT2D eigenvalue weighted by Crippen LogP contribution is 2.32. The van der Waals surface area contributed by atoms with Crippen LogP contribution in [0.1, 0.15) is 36.7 Å². The summed E-state index contributed by atoms with van der Waals surface area (Å²) in [5.74, 6) is 0.623. The van der Waals surface area contributed by atoms with E-state index in [1.54, 1.807) is 10.9 Å². The smallest absolute Gasteiger partial charge is 0.167 e. The number of ether oxygens (including phenoxy) is 1. The minimum Gasteiger partial charge on any atom is -0.394 e. The predicted octanol–water partition coefficient (Wildman–Crippen LogP) is 1.95. The second kappa shape index (κ2) is 7.22. The van der Waals surface area contributed by atoms with Crippen molar-refractivity contribution >= 4 is 17.0 Å². The monoisotopic (exact) mass is 369 g/mol. The maximum atomic E-state index is 10.3. The number of aliphatic hydroxyl groups excluding tert-OH is 2. The first kappa shape index (κ1) is 17.8. The van der Waals surface area contributed by atoms with E-state index >= 15 is 0 Å². The zero-order valence-electron chi connectivity index (χ0n) is 15.3. The lowest BCUT2D eigenvalue weighted by molar-refractivity contribution is -0.0486. The molecule has 4 rings (SSSR count). The number of nitrogens with zero attached hydrogens (tertiary/aromatic N) is 4. The molecule has 1 aromatic carbocycles. The molecule has 0 spiro atoms. The Morgan fingerprint density at radius 2 is 2.04 bits per heavy atom. The first-order chi connectivity index (χ1) is 13.1. The molecule has 27 heavy (non-hydrogen) atoms. The number of aromatic nitrogens is 4. The Morgan fingerprint density at radius 1 is 1.26 bits per heavy atom. The van der Waals surface area contributed by atoms with E-state index in [1.807, 2.05) is 0 Å². The average molecular weight is 369 g/mol. The molecule has 8 nitrogen and oxygen atoms in total. The van der Waals surface area contributed by atoms with Crippen LogP contribution in [-0.2, 0) is 4.74 Å². The summed E-state index contributed by atoms with van der Waals surface area (Å²) in [7, 11) is 0. The van der Waals surface area contributed by atoms with Gasteiger partial charge in [-0.3, -0.25) is 4.57 Å². The summed E-state index contributed by atoms with van der Waals surface area (Å²) in [4.78, 5) is 13.1. The van der Waals surface area contributed by atoms with Gasteiger partial charge in [-0.05, 0) is 19.4 Å². The van der Waals surface area contributed by atoms with Crippen molar-refractivity contribution in [2.75, 3.05) is 11.9 Å². The van der Waals surface area contributed by atoms with Gasteiger partial charge in [0.15, 0.2) is 23.2 Å². The van der Waals surface area contributed by atoms with Crippen LogP contribution in [0.3, 0.4) is 0 Å². The molecule has 0 aliphatic carbocycles. The van der Waals surface area contributed by atoms with E-state index in [-0.39, 0.29) is 18.8 Å². The van der Waals surface area contributed by atoms with Gasteiger partial charge in [0, 0.05) is 6.42 Å². The van der Waals surface area contributed by atoms with Crippen molar-refractivity contribution in [2.24, 2.45) is 0 Å². The van der Waals surface area contributed by atoms with Gasteiger partial charge in [0.25, 0.3) is 0 Å². The Balaban J connectivity index is 1.62. The maximum absolute atomic E-state index is 10.3. The molecular formula is C19H23N5O3. The van der Waals surface area contributed by atoms with Crippen LogP contribution in [0.25, 0.3) is 11.2 Å². The van der Waals surface area contributed by atoms with Gasteiger partial charge in [0.1, 0.15) is 12.4 Å². The summed E-state index contributed by atoms with van der Waals surface area (Å²) in [6.45, 7) is 3.99. The standard InChI is InChI=1S/C19H23N5O3/c1-11-3-5-13(6-4-11)12(2)23-17-16-18(21-9-20-17)24(10-22-16)19-15(26)7-14(8-25)27-19/h3-6,9-10,12,14-15,19,25-26H,7-8H2,1-2H3,(H,20,21,23)/t12-,14+,15?,19-/m1/s1. The molecule has 1 unspecified atom stereocenters. The topological polar surface area (TPSA) is 105 Å². The number of imidazole rings is 1. The van der Waals surface area contributed by atoms with E-state index in [1.165, 1.54) is 11.9 Å². The zero-order valence-corrected chi connectivity index (χ0v) is 15.3. The molecule has 3 N–H and O–H groups in total. The number of aryl methyl sites for hydroxylation is 1. The van der Waals surface area contributed by atoms with Crippen molar-refractivity contribution in [3.05, 3.63) is 48.0 Å². The van der Waals surface area contributed by atoms with Gasteiger partial charge in [0.05, 0.1) is 25.1 Å². The summed E-state index contributed by atoms with van der Waals surface area (Å²) in [5.41, 5.74) is 3.54. The van der Waals surface area contributed by atoms with Crippen LogP contribution in [-0.4, -0.2) is 48.5 Å². The molecule has 0 amide bonds. The fourth-order valence-corrected chi connectivity index (χ4v) is 3.39. The number of aliphatic hydroxyl groups is 2. The maximum Gasteiger partial charge on any atom is 0.167 e. The summed E-state index contributed by atoms with van der Waals surface area (Å²) in [6, 6.07) is 8.37. The first-order valence-electron chi connectivity index (χ1n) is 9.02. The number of hydrogen-bond acceptors (Lipinski definition) is 7. The van der Waals surface area contributed by atoms with E-state index in [0.29, 0.717) is 23.4 Å². The molecule has 0 bridgehead atoms. The Kier molecular flexibility index (Phi) is 4.77. The zero-order chi connectivity index (χ0) is 19.0. The van der Waals surface area contributed by atoms with Crippen molar-refractivity contribution in [2.45, 2.75) is 44.7 Å². The number of nitrogens with one attached hydrogen (secondary N) is 1. The first-order valence-corrected chi connectivity index (χ1v) is 9.02. The Bertz CT molecular complexity index is 927. The third-order valence-electron chi connectivity index (χ3n) is 4.93. The van der Waals surface area contributed by atoms with Gasteiger partial charge in [-0.2, -0.15) is 0 Å². The van der Waals surface area contributed by atoms with Crippen molar-refractivity contribution in [3.63, 3.8) is 0 Å². The van der Waals surface area contributed by atoms with E-state index in [4.69, 9.17) is 4.74 Å². The second-order valence-corrected chi connectivity index (χ2v) is 6.96. The molecule has 0 radical (unpaired) electrons. The average Bonchev–Trinajstić information content (AvgIpc) is 3.25. The molecule has 1 aliphatic rings. The molecule has 3 aromatic rings. The van der Waals surface area contributed by atoms with Gasteiger partial charge in [-0.15, -0.1) is 0 Å². The van der Waals surface area contributed by atoms with Crippen LogP contribution in [0.15, 0.2) is 36.9 Å². The largest absolute Gasteiger partial charge is 0.394 e. The van der Waals surface area contributed by atoms with E-state index in [0.717, 1.165) is 5.56 Å². The summed E-state index contributed by atoms with van der Waals surface area (Å²) in [5, 5.41) is 22.9. The third kappa shape index (κ3) is 3.39. The highest BCUT2D eigenvalue weighted by molar-refractivity contribution is 5.82. The molecule has 1 saturated heterocycles. The van der Waals surface area contributed by atoms with E-state index in [2.05, 4.69) is 58.4 Å². The lowest BCUT2D eigenvalue weighted by Gasteiger charge is -2.17. The SMILES string of the molecule is Cc1ccc([C@@H](C)Nc2ncnc3c2ncn3[C@@H]2O[C@H](CO)CC2O)cc1. The molecule has 1 fully saturated rings. The van der Waals surface area contributed by atoms with Gasteiger partial charge >= 0.3 is 0 Å². The van der Waals surface area contributed by atoms with Crippen molar-refractivity contribution in [3.8, 4) is 0 Å². The van der Waals surface area contributed by atoms with Crippen LogP contribution in [0.2, 0.25) is 0 Å².